The van der Waals surface area contributed by atoms with Crippen LogP contribution in [0.5, 0.6) is 0 Å². The number of hydrogen-bond acceptors (Lipinski definition) is 6. The van der Waals surface area contributed by atoms with E-state index < -0.39 is 0 Å². The number of H-pyrrole nitrogens is 1. The second-order valence-corrected chi connectivity index (χ2v) is 4.51. The van der Waals surface area contributed by atoms with Gasteiger partial charge in [0.15, 0.2) is 0 Å². The molecule has 0 aliphatic heterocycles. The third-order valence-electron chi connectivity index (χ3n) is 2.94. The summed E-state index contributed by atoms with van der Waals surface area (Å²) in [6, 6.07) is 10.5. The van der Waals surface area contributed by atoms with E-state index in [1.165, 1.54) is 12.8 Å². The lowest BCUT2D eigenvalue weighted by molar-refractivity contribution is 0.881. The smallest absolute Gasteiger partial charge is 0.216 e. The Hall–Kier alpha value is -2.88. The van der Waals surface area contributed by atoms with Crippen molar-refractivity contribution in [3.63, 3.8) is 0 Å². The van der Waals surface area contributed by atoms with Crippen LogP contribution in [0.1, 0.15) is 18.7 Å². The predicted molar refractivity (Wildman–Crippen MR) is 74.5 cm³/mol. The number of para-hydroxylation sites is 2. The third-order valence-corrected chi connectivity index (χ3v) is 2.94. The molecule has 3 N–H and O–H groups in total. The van der Waals surface area contributed by atoms with E-state index >= 15 is 0 Å². The van der Waals surface area contributed by atoms with E-state index in [-0.39, 0.29) is 5.82 Å². The van der Waals surface area contributed by atoms with Crippen LogP contribution in [0.3, 0.4) is 0 Å². The summed E-state index contributed by atoms with van der Waals surface area (Å²) < 4.78 is 0. The number of allylic oxidation sites excluding steroid dienone is 1. The van der Waals surface area contributed by atoms with Gasteiger partial charge in [-0.05, 0) is 30.2 Å². The molecule has 1 saturated carbocycles. The third kappa shape index (κ3) is 2.75. The van der Waals surface area contributed by atoms with E-state index in [4.69, 9.17) is 5.26 Å². The molecule has 0 spiro atoms. The molecule has 1 heterocycles. The number of nitrogens with zero attached hydrogens (tertiary/aromatic N) is 4. The van der Waals surface area contributed by atoms with Gasteiger partial charge in [0, 0.05) is 12.2 Å². The number of aromatic amines is 1. The first-order valence-corrected chi connectivity index (χ1v) is 6.33. The van der Waals surface area contributed by atoms with Crippen molar-refractivity contribution < 1.29 is 0 Å². The molecule has 0 saturated heterocycles. The molecule has 1 aromatic heterocycles. The number of aromatic nitrogens is 4. The quantitative estimate of drug-likeness (QED) is 0.713. The topological polar surface area (TPSA) is 102 Å². The molecule has 3 rings (SSSR count). The van der Waals surface area contributed by atoms with Crippen molar-refractivity contribution in [1.29, 1.82) is 5.26 Å². The summed E-state index contributed by atoms with van der Waals surface area (Å²) in [5.74, 6) is 0.271. The van der Waals surface area contributed by atoms with Crippen molar-refractivity contribution in [1.82, 2.24) is 20.6 Å². The van der Waals surface area contributed by atoms with Crippen LogP contribution < -0.4 is 10.6 Å². The van der Waals surface area contributed by atoms with E-state index in [9.17, 15) is 0 Å². The highest BCUT2D eigenvalue weighted by Gasteiger charge is 2.21. The van der Waals surface area contributed by atoms with Gasteiger partial charge in [0.1, 0.15) is 11.6 Å². The van der Waals surface area contributed by atoms with Crippen LogP contribution in [0.4, 0.5) is 11.4 Å². The maximum Gasteiger partial charge on any atom is 0.216 e. The van der Waals surface area contributed by atoms with Gasteiger partial charge < -0.3 is 10.6 Å². The van der Waals surface area contributed by atoms with Crippen molar-refractivity contribution in [2.24, 2.45) is 0 Å². The van der Waals surface area contributed by atoms with Crippen LogP contribution >= 0.6 is 0 Å². The second kappa shape index (κ2) is 5.40. The Morgan fingerprint density at radius 1 is 1.35 bits per heavy atom. The zero-order valence-electron chi connectivity index (χ0n) is 10.7. The van der Waals surface area contributed by atoms with Crippen LogP contribution in [0.25, 0.3) is 5.57 Å². The van der Waals surface area contributed by atoms with Crippen LogP contribution in [-0.2, 0) is 0 Å². The van der Waals surface area contributed by atoms with Crippen molar-refractivity contribution in [3.8, 4) is 6.07 Å². The van der Waals surface area contributed by atoms with Crippen molar-refractivity contribution >= 4 is 16.9 Å². The monoisotopic (exact) mass is 267 g/mol. The van der Waals surface area contributed by atoms with Gasteiger partial charge in [-0.15, -0.1) is 10.2 Å². The van der Waals surface area contributed by atoms with Crippen LogP contribution in [0.15, 0.2) is 30.5 Å². The van der Waals surface area contributed by atoms with E-state index in [0.29, 0.717) is 11.6 Å². The molecule has 20 heavy (non-hydrogen) atoms. The van der Waals surface area contributed by atoms with Gasteiger partial charge in [0.05, 0.1) is 11.4 Å². The van der Waals surface area contributed by atoms with Gasteiger partial charge in [-0.1, -0.05) is 12.1 Å². The molecule has 2 aromatic rings. The minimum Gasteiger partial charge on any atom is -0.381 e. The lowest BCUT2D eigenvalue weighted by Crippen LogP contribution is -2.04. The average Bonchev–Trinajstić information content (AvgIpc) is 3.13. The maximum atomic E-state index is 9.10. The summed E-state index contributed by atoms with van der Waals surface area (Å²) >= 11 is 0. The van der Waals surface area contributed by atoms with Crippen LogP contribution in [0.2, 0.25) is 0 Å². The second-order valence-electron chi connectivity index (χ2n) is 4.51. The van der Waals surface area contributed by atoms with E-state index in [1.54, 1.807) is 6.20 Å². The molecule has 7 nitrogen and oxygen atoms in total. The summed E-state index contributed by atoms with van der Waals surface area (Å²) in [7, 11) is 0. The number of hydrogen-bond donors (Lipinski definition) is 3. The first-order valence-electron chi connectivity index (χ1n) is 6.33. The highest BCUT2D eigenvalue weighted by Crippen LogP contribution is 2.29. The predicted octanol–water partition coefficient (Wildman–Crippen LogP) is 1.75. The molecular weight excluding hydrogens is 254 g/mol. The highest BCUT2D eigenvalue weighted by atomic mass is 15.5. The molecule has 1 aliphatic carbocycles. The minimum absolute atomic E-state index is 0.271. The van der Waals surface area contributed by atoms with Crippen molar-refractivity contribution in [2.45, 2.75) is 18.9 Å². The summed E-state index contributed by atoms with van der Waals surface area (Å²) in [4.78, 5) is 0. The fourth-order valence-electron chi connectivity index (χ4n) is 1.76. The zero-order valence-corrected chi connectivity index (χ0v) is 10.7. The maximum absolute atomic E-state index is 9.10. The SMILES string of the molecule is N#CC(=CNc1ccccc1NC1CC1)c1nn[nH]n1. The Kier molecular flexibility index (Phi) is 3.29. The molecule has 1 aliphatic rings. The van der Waals surface area contributed by atoms with Crippen molar-refractivity contribution in [3.05, 3.63) is 36.3 Å². The lowest BCUT2D eigenvalue weighted by Gasteiger charge is -2.10. The Labute approximate surface area is 115 Å². The van der Waals surface area contributed by atoms with Gasteiger partial charge in [0.25, 0.3) is 0 Å². The minimum atomic E-state index is 0.271. The van der Waals surface area contributed by atoms with Gasteiger partial charge in [-0.25, -0.2) is 0 Å². The lowest BCUT2D eigenvalue weighted by atomic mass is 10.2. The number of nitriles is 1. The normalized spacial score (nSPS) is 14.7. The zero-order chi connectivity index (χ0) is 13.8. The first kappa shape index (κ1) is 12.2. The fraction of sp³-hybridized carbons (Fsp3) is 0.231. The Balaban J connectivity index is 1.78. The van der Waals surface area contributed by atoms with Crippen LogP contribution in [-0.4, -0.2) is 26.7 Å². The van der Waals surface area contributed by atoms with Crippen LogP contribution in [0, 0.1) is 11.3 Å². The molecule has 100 valence electrons. The van der Waals surface area contributed by atoms with E-state index in [2.05, 4.69) is 31.3 Å². The van der Waals surface area contributed by atoms with Crippen molar-refractivity contribution in [2.75, 3.05) is 10.6 Å². The van der Waals surface area contributed by atoms with Gasteiger partial charge >= 0.3 is 0 Å². The van der Waals surface area contributed by atoms with E-state index in [0.717, 1.165) is 11.4 Å². The number of nitrogens with one attached hydrogen (secondary N) is 3. The van der Waals surface area contributed by atoms with Gasteiger partial charge in [0.2, 0.25) is 5.82 Å². The fourth-order valence-corrected chi connectivity index (χ4v) is 1.76. The number of anilines is 2. The molecule has 1 fully saturated rings. The van der Waals surface area contributed by atoms with E-state index in [1.807, 2.05) is 30.3 Å². The Bertz CT molecular complexity index is 650. The Morgan fingerprint density at radius 2 is 2.15 bits per heavy atom. The summed E-state index contributed by atoms with van der Waals surface area (Å²) in [5, 5.41) is 29.0. The average molecular weight is 267 g/mol. The number of tetrazole rings is 1. The largest absolute Gasteiger partial charge is 0.381 e. The Morgan fingerprint density at radius 3 is 2.80 bits per heavy atom. The molecule has 0 radical (unpaired) electrons. The van der Waals surface area contributed by atoms with Gasteiger partial charge in [-0.3, -0.25) is 0 Å². The molecule has 0 amide bonds. The van der Waals surface area contributed by atoms with Gasteiger partial charge in [-0.2, -0.15) is 10.5 Å². The number of rotatable bonds is 5. The summed E-state index contributed by atoms with van der Waals surface area (Å²) in [6.07, 6.45) is 3.99. The molecule has 7 heteroatoms. The molecule has 0 bridgehead atoms. The molecule has 0 atom stereocenters. The standard InChI is InChI=1S/C13H13N7/c14-7-9(13-17-19-20-18-13)8-15-11-3-1-2-4-12(11)16-10-5-6-10/h1-4,8,10,15-16H,5-6H2,(H,17,18,19,20). The highest BCUT2D eigenvalue weighted by molar-refractivity contribution is 5.77. The molecule has 1 aromatic carbocycles. The first-order chi connectivity index (χ1) is 9.86. The number of benzene rings is 1. The molecular formula is C13H13N7. The summed E-state index contributed by atoms with van der Waals surface area (Å²) in [5.41, 5.74) is 2.26. The summed E-state index contributed by atoms with van der Waals surface area (Å²) in [6.45, 7) is 0. The molecule has 0 unspecified atom stereocenters.